The van der Waals surface area contributed by atoms with E-state index in [1.54, 1.807) is 13.8 Å². The maximum absolute atomic E-state index is 3.25. The van der Waals surface area contributed by atoms with Crippen molar-refractivity contribution in [2.75, 3.05) is 0 Å². The van der Waals surface area contributed by atoms with Crippen LogP contribution in [0.1, 0.15) is 13.8 Å². The molecule has 0 nitrogen and oxygen atoms in total. The molecule has 0 spiro atoms. The van der Waals surface area contributed by atoms with Crippen molar-refractivity contribution in [2.24, 2.45) is 0 Å². The molecule has 0 bridgehead atoms. The van der Waals surface area contributed by atoms with Gasteiger partial charge in [0.15, 0.2) is 0 Å². The Bertz CT molecular complexity index is 3.61. The van der Waals surface area contributed by atoms with Gasteiger partial charge >= 0.3 is 48.9 Å². The summed E-state index contributed by atoms with van der Waals surface area (Å²) in [5, 5.41) is 0. The van der Waals surface area contributed by atoms with Gasteiger partial charge in [-0.25, -0.2) is 0 Å². The van der Waals surface area contributed by atoms with Gasteiger partial charge in [0.1, 0.15) is 0 Å². The Morgan fingerprint density at radius 2 is 0.800 bits per heavy atom. The Kier molecular flexibility index (Phi) is 151. The van der Waals surface area contributed by atoms with Gasteiger partial charge in [-0.1, -0.05) is 0 Å². The zero-order valence-corrected chi connectivity index (χ0v) is 8.56. The first-order valence-corrected chi connectivity index (χ1v) is 1.41. The normalized spacial score (nSPS) is 2.40. The van der Waals surface area contributed by atoms with Gasteiger partial charge in [-0.05, 0) is 0 Å². The molecule has 0 aliphatic carbocycles. The molecule has 5 heavy (non-hydrogen) atoms. The number of hydrogen-bond donors (Lipinski definition) is 0. The third-order valence-electron chi connectivity index (χ3n) is 0. The van der Waals surface area contributed by atoms with Crippen LogP contribution in [0.25, 0.3) is 0 Å². The number of rotatable bonds is 0. The van der Waals surface area contributed by atoms with Crippen molar-refractivity contribution in [3.05, 3.63) is 13.8 Å². The molecule has 0 rings (SSSR count). The van der Waals surface area contributed by atoms with Gasteiger partial charge in [-0.3, -0.25) is 0 Å². The van der Waals surface area contributed by atoms with E-state index in [9.17, 15) is 0 Å². The summed E-state index contributed by atoms with van der Waals surface area (Å²) in [5.74, 6) is 0. The maximum atomic E-state index is 3.25. The fourth-order valence-electron chi connectivity index (χ4n) is 0. The minimum absolute atomic E-state index is 0. The van der Waals surface area contributed by atoms with Crippen molar-refractivity contribution in [1.82, 2.24) is 0 Å². The van der Waals surface area contributed by atoms with Crippen molar-refractivity contribution in [3.63, 3.8) is 0 Å². The monoisotopic (exact) mass is 196 g/mol. The minimum atomic E-state index is 0. The van der Waals surface area contributed by atoms with Crippen molar-refractivity contribution >= 4 is 48.9 Å². The summed E-state index contributed by atoms with van der Waals surface area (Å²) in [6, 6.07) is 0. The molecule has 0 radical (unpaired) electrons. The van der Waals surface area contributed by atoms with Crippen LogP contribution >= 0.6 is 0 Å². The van der Waals surface area contributed by atoms with Gasteiger partial charge in [0.25, 0.3) is 0 Å². The predicted molar refractivity (Wildman–Crippen MR) is 27.8 cm³/mol. The molecule has 0 atom stereocenters. The molecule has 0 aromatic rings. The van der Waals surface area contributed by atoms with E-state index in [4.69, 9.17) is 0 Å². The SMILES string of the molecule is [Ba+2].[CH2-]C.[CH2-]C. The third-order valence-corrected chi connectivity index (χ3v) is 0. The van der Waals surface area contributed by atoms with Gasteiger partial charge in [0, 0.05) is 0 Å². The summed E-state index contributed by atoms with van der Waals surface area (Å²) >= 11 is 0. The van der Waals surface area contributed by atoms with E-state index in [0.29, 0.717) is 0 Å². The summed E-state index contributed by atoms with van der Waals surface area (Å²) in [6.07, 6.45) is 0. The molecule has 1 heteroatoms. The molecule has 0 saturated carbocycles. The van der Waals surface area contributed by atoms with E-state index in [1.807, 2.05) is 0 Å². The van der Waals surface area contributed by atoms with E-state index in [0.717, 1.165) is 0 Å². The Hall–Kier alpha value is 1.57. The molecule has 0 aromatic carbocycles. The average molecular weight is 195 g/mol. The van der Waals surface area contributed by atoms with E-state index in [2.05, 4.69) is 13.8 Å². The third kappa shape index (κ3) is 28.8. The van der Waals surface area contributed by atoms with Gasteiger partial charge in [0.2, 0.25) is 0 Å². The van der Waals surface area contributed by atoms with Crippen LogP contribution in [0, 0.1) is 13.8 Å². The molecule has 0 unspecified atom stereocenters. The average Bonchev–Trinajstić information content (AvgIpc) is 1.50. The molecule has 0 N–H and O–H groups in total. The van der Waals surface area contributed by atoms with E-state index in [1.165, 1.54) is 0 Å². The van der Waals surface area contributed by atoms with Crippen LogP contribution < -0.4 is 0 Å². The fourth-order valence-corrected chi connectivity index (χ4v) is 0. The van der Waals surface area contributed by atoms with Crippen LogP contribution in [0.4, 0.5) is 0 Å². The van der Waals surface area contributed by atoms with Gasteiger partial charge in [0.05, 0.1) is 0 Å². The second-order valence-corrected chi connectivity index (χ2v) is 0. The molecule has 28 valence electrons. The maximum Gasteiger partial charge on any atom is 2.00 e. The van der Waals surface area contributed by atoms with Crippen molar-refractivity contribution in [2.45, 2.75) is 13.8 Å². The zero-order valence-electron chi connectivity index (χ0n) is 4.12. The Morgan fingerprint density at radius 1 is 0.800 bits per heavy atom. The predicted octanol–water partition coefficient (Wildman–Crippen LogP) is 1.30. The molecule has 0 aromatic heterocycles. The Labute approximate surface area is 75.4 Å². The van der Waals surface area contributed by atoms with Crippen LogP contribution in [-0.4, -0.2) is 48.9 Å². The molecule has 0 amide bonds. The van der Waals surface area contributed by atoms with Crippen LogP contribution in [0.2, 0.25) is 0 Å². The van der Waals surface area contributed by atoms with Crippen LogP contribution in [0.5, 0.6) is 0 Å². The summed E-state index contributed by atoms with van der Waals surface area (Å²) < 4.78 is 0. The van der Waals surface area contributed by atoms with Gasteiger partial charge in [-0.2, -0.15) is 13.8 Å². The molecule has 0 fully saturated rings. The van der Waals surface area contributed by atoms with Gasteiger partial charge < -0.3 is 13.8 Å². The quantitative estimate of drug-likeness (QED) is 0.404. The standard InChI is InChI=1S/2C2H5.Ba/c2*1-2;/h2*1H2,2H3;/q2*-1;+2. The van der Waals surface area contributed by atoms with Crippen LogP contribution in [0.3, 0.4) is 0 Å². The van der Waals surface area contributed by atoms with Gasteiger partial charge in [-0.15, -0.1) is 0 Å². The summed E-state index contributed by atoms with van der Waals surface area (Å²) in [7, 11) is 0. The second kappa shape index (κ2) is 47.1. The van der Waals surface area contributed by atoms with E-state index < -0.39 is 0 Å². The second-order valence-electron chi connectivity index (χ2n) is 0. The zero-order chi connectivity index (χ0) is 4.00. The topological polar surface area (TPSA) is 0 Å². The largest absolute Gasteiger partial charge is 2.00 e. The summed E-state index contributed by atoms with van der Waals surface area (Å²) in [5.41, 5.74) is 0. The van der Waals surface area contributed by atoms with E-state index in [-0.39, 0.29) is 48.9 Å². The van der Waals surface area contributed by atoms with Crippen molar-refractivity contribution < 1.29 is 0 Å². The smallest absolute Gasteiger partial charge is 0.346 e. The first-order valence-electron chi connectivity index (χ1n) is 1.41. The minimum Gasteiger partial charge on any atom is -0.346 e. The van der Waals surface area contributed by atoms with E-state index >= 15 is 0 Å². The first kappa shape index (κ1) is 16.0. The molecule has 0 aliphatic rings. The number of hydrogen-bond acceptors (Lipinski definition) is 0. The Balaban J connectivity index is -0.0000000133. The Morgan fingerprint density at radius 3 is 0.800 bits per heavy atom. The van der Waals surface area contributed by atoms with Crippen LogP contribution in [0.15, 0.2) is 0 Å². The molecular weight excluding hydrogens is 185 g/mol. The van der Waals surface area contributed by atoms with Crippen LogP contribution in [-0.2, 0) is 0 Å². The molecule has 0 heterocycles. The van der Waals surface area contributed by atoms with Crippen molar-refractivity contribution in [3.8, 4) is 0 Å². The molecular formula is C4H10Ba. The summed E-state index contributed by atoms with van der Waals surface area (Å²) in [4.78, 5) is 0. The van der Waals surface area contributed by atoms with Crippen molar-refractivity contribution in [1.29, 1.82) is 0 Å². The fraction of sp³-hybridized carbons (Fsp3) is 0.500. The molecule has 0 aliphatic heterocycles. The first-order chi connectivity index (χ1) is 2.00. The summed E-state index contributed by atoms with van der Waals surface area (Å²) in [6.45, 7) is 10.0. The molecule has 0 saturated heterocycles.